The Bertz CT molecular complexity index is 462. The van der Waals surface area contributed by atoms with Crippen LogP contribution in [0.15, 0.2) is 18.3 Å². The van der Waals surface area contributed by atoms with Crippen LogP contribution in [0.3, 0.4) is 0 Å². The first-order valence-corrected chi connectivity index (χ1v) is 6.62. The fourth-order valence-electron chi connectivity index (χ4n) is 1.66. The van der Waals surface area contributed by atoms with Gasteiger partial charge in [0.05, 0.1) is 6.61 Å². The number of esters is 1. The minimum absolute atomic E-state index is 0.135. The first kappa shape index (κ1) is 15.9. The molecule has 0 aliphatic rings. The van der Waals surface area contributed by atoms with Crippen molar-refractivity contribution in [3.8, 4) is 0 Å². The van der Waals surface area contributed by atoms with Gasteiger partial charge in [0.15, 0.2) is 0 Å². The van der Waals surface area contributed by atoms with Crippen LogP contribution in [0.25, 0.3) is 0 Å². The van der Waals surface area contributed by atoms with Crippen molar-refractivity contribution in [3.05, 3.63) is 23.9 Å². The van der Waals surface area contributed by atoms with E-state index in [4.69, 9.17) is 9.84 Å². The third-order valence-electron chi connectivity index (χ3n) is 2.77. The third kappa shape index (κ3) is 5.26. The van der Waals surface area contributed by atoms with Gasteiger partial charge >= 0.3 is 11.9 Å². The molecule has 0 saturated heterocycles. The Balaban J connectivity index is 2.59. The summed E-state index contributed by atoms with van der Waals surface area (Å²) in [5.74, 6) is -0.584. The van der Waals surface area contributed by atoms with Crippen molar-refractivity contribution in [1.29, 1.82) is 0 Å². The maximum Gasteiger partial charge on any atom is 0.341 e. The molecule has 6 nitrogen and oxygen atoms in total. The van der Waals surface area contributed by atoms with E-state index in [0.717, 1.165) is 0 Å². The molecular formula is C14H20N2O4. The van der Waals surface area contributed by atoms with Gasteiger partial charge in [-0.2, -0.15) is 0 Å². The molecule has 110 valence electrons. The number of aliphatic carboxylic acids is 1. The summed E-state index contributed by atoms with van der Waals surface area (Å²) in [5, 5.41) is 11.7. The van der Waals surface area contributed by atoms with Gasteiger partial charge in [-0.15, -0.1) is 0 Å². The van der Waals surface area contributed by atoms with Crippen molar-refractivity contribution in [2.75, 3.05) is 18.5 Å². The maximum atomic E-state index is 11.7. The number of rotatable bonds is 8. The zero-order valence-corrected chi connectivity index (χ0v) is 11.8. The van der Waals surface area contributed by atoms with E-state index in [-0.39, 0.29) is 12.3 Å². The summed E-state index contributed by atoms with van der Waals surface area (Å²) in [4.78, 5) is 26.4. The van der Waals surface area contributed by atoms with Gasteiger partial charge in [-0.05, 0) is 31.4 Å². The van der Waals surface area contributed by atoms with Crippen molar-refractivity contribution in [1.82, 2.24) is 4.98 Å². The molecule has 1 heterocycles. The van der Waals surface area contributed by atoms with Gasteiger partial charge in [-0.25, -0.2) is 9.78 Å². The topological polar surface area (TPSA) is 88.5 Å². The Kier molecular flexibility index (Phi) is 6.49. The average molecular weight is 280 g/mol. The van der Waals surface area contributed by atoms with Crippen LogP contribution in [-0.4, -0.2) is 35.2 Å². The largest absolute Gasteiger partial charge is 0.481 e. The van der Waals surface area contributed by atoms with Gasteiger partial charge in [-0.3, -0.25) is 4.79 Å². The summed E-state index contributed by atoms with van der Waals surface area (Å²) in [6.07, 6.45) is 2.30. The zero-order valence-electron chi connectivity index (χ0n) is 11.8. The van der Waals surface area contributed by atoms with E-state index in [1.165, 1.54) is 0 Å². The summed E-state index contributed by atoms with van der Waals surface area (Å²) in [6.45, 7) is 4.55. The number of carbonyl (C=O) groups excluding carboxylic acids is 1. The van der Waals surface area contributed by atoms with E-state index >= 15 is 0 Å². The molecule has 1 rings (SSSR count). The van der Waals surface area contributed by atoms with Crippen LogP contribution in [0.2, 0.25) is 0 Å². The summed E-state index contributed by atoms with van der Waals surface area (Å²) in [7, 11) is 0. The van der Waals surface area contributed by atoms with E-state index in [0.29, 0.717) is 31.0 Å². The van der Waals surface area contributed by atoms with Crippen LogP contribution >= 0.6 is 0 Å². The number of pyridine rings is 1. The number of carboxylic acids is 1. The molecule has 0 aliphatic heterocycles. The second kappa shape index (κ2) is 8.14. The van der Waals surface area contributed by atoms with E-state index < -0.39 is 11.9 Å². The number of nitrogens with zero attached hydrogens (tertiary/aromatic N) is 1. The molecule has 1 unspecified atom stereocenters. The molecule has 2 N–H and O–H groups in total. The molecule has 1 aromatic rings. The zero-order chi connectivity index (χ0) is 15.0. The standard InChI is InChI=1S/C14H20N2O4/c1-3-20-14(19)11-5-4-8-15-13(11)16-9-10(2)6-7-12(17)18/h4-5,8,10H,3,6-7,9H2,1-2H3,(H,15,16)(H,17,18). The fraction of sp³-hybridized carbons (Fsp3) is 0.500. The molecule has 0 amide bonds. The van der Waals surface area contributed by atoms with Crippen molar-refractivity contribution in [2.24, 2.45) is 5.92 Å². The molecule has 20 heavy (non-hydrogen) atoms. The van der Waals surface area contributed by atoms with Crippen molar-refractivity contribution in [2.45, 2.75) is 26.7 Å². The van der Waals surface area contributed by atoms with Gasteiger partial charge in [0, 0.05) is 19.2 Å². The number of nitrogens with one attached hydrogen (secondary N) is 1. The number of carboxylic acid groups (broad SMARTS) is 1. The SMILES string of the molecule is CCOC(=O)c1cccnc1NCC(C)CCC(=O)O. The summed E-state index contributed by atoms with van der Waals surface area (Å²) in [6, 6.07) is 3.32. The Morgan fingerprint density at radius 1 is 1.50 bits per heavy atom. The van der Waals surface area contributed by atoms with Crippen LogP contribution in [0.5, 0.6) is 0 Å². The molecule has 0 aliphatic carbocycles. The molecule has 0 saturated carbocycles. The Morgan fingerprint density at radius 2 is 2.25 bits per heavy atom. The summed E-state index contributed by atoms with van der Waals surface area (Å²) >= 11 is 0. The van der Waals surface area contributed by atoms with E-state index in [9.17, 15) is 9.59 Å². The van der Waals surface area contributed by atoms with Crippen LogP contribution in [0.4, 0.5) is 5.82 Å². The maximum absolute atomic E-state index is 11.7. The van der Waals surface area contributed by atoms with Gasteiger partial charge < -0.3 is 15.2 Å². The number of hydrogen-bond donors (Lipinski definition) is 2. The Morgan fingerprint density at radius 3 is 2.90 bits per heavy atom. The molecular weight excluding hydrogens is 260 g/mol. The van der Waals surface area contributed by atoms with E-state index in [1.54, 1.807) is 25.3 Å². The second-order valence-corrected chi connectivity index (χ2v) is 4.54. The smallest absolute Gasteiger partial charge is 0.341 e. The van der Waals surface area contributed by atoms with E-state index in [2.05, 4.69) is 10.3 Å². The fourth-order valence-corrected chi connectivity index (χ4v) is 1.66. The van der Waals surface area contributed by atoms with Gasteiger partial charge in [0.2, 0.25) is 0 Å². The second-order valence-electron chi connectivity index (χ2n) is 4.54. The quantitative estimate of drug-likeness (QED) is 0.709. The molecule has 6 heteroatoms. The van der Waals surface area contributed by atoms with Crippen LogP contribution in [-0.2, 0) is 9.53 Å². The number of carbonyl (C=O) groups is 2. The molecule has 0 bridgehead atoms. The first-order chi connectivity index (χ1) is 9.54. The molecule has 0 fully saturated rings. The highest BCUT2D eigenvalue weighted by atomic mass is 16.5. The van der Waals surface area contributed by atoms with Crippen LogP contribution < -0.4 is 5.32 Å². The molecule has 1 aromatic heterocycles. The predicted octanol–water partition coefficient (Wildman–Crippen LogP) is 2.17. The predicted molar refractivity (Wildman–Crippen MR) is 74.7 cm³/mol. The number of hydrogen-bond acceptors (Lipinski definition) is 5. The monoisotopic (exact) mass is 280 g/mol. The van der Waals surface area contributed by atoms with Crippen molar-refractivity contribution >= 4 is 17.8 Å². The number of aromatic nitrogens is 1. The highest BCUT2D eigenvalue weighted by molar-refractivity contribution is 5.94. The average Bonchev–Trinajstić information content (AvgIpc) is 2.43. The lowest BCUT2D eigenvalue weighted by atomic mass is 10.1. The highest BCUT2D eigenvalue weighted by Crippen LogP contribution is 2.14. The number of ether oxygens (including phenoxy) is 1. The Hall–Kier alpha value is -2.11. The lowest BCUT2D eigenvalue weighted by Gasteiger charge is -2.14. The van der Waals surface area contributed by atoms with Crippen LogP contribution in [0, 0.1) is 5.92 Å². The van der Waals surface area contributed by atoms with Gasteiger partial charge in [0.25, 0.3) is 0 Å². The summed E-state index contributed by atoms with van der Waals surface area (Å²) in [5.41, 5.74) is 0.389. The van der Waals surface area contributed by atoms with Crippen molar-refractivity contribution < 1.29 is 19.4 Å². The first-order valence-electron chi connectivity index (χ1n) is 6.62. The van der Waals surface area contributed by atoms with Crippen molar-refractivity contribution in [3.63, 3.8) is 0 Å². The lowest BCUT2D eigenvalue weighted by Crippen LogP contribution is -2.16. The normalized spacial score (nSPS) is 11.7. The molecule has 0 aromatic carbocycles. The Labute approximate surface area is 118 Å². The minimum Gasteiger partial charge on any atom is -0.481 e. The van der Waals surface area contributed by atoms with Gasteiger partial charge in [0.1, 0.15) is 11.4 Å². The highest BCUT2D eigenvalue weighted by Gasteiger charge is 2.14. The molecule has 0 radical (unpaired) electrons. The number of anilines is 1. The summed E-state index contributed by atoms with van der Waals surface area (Å²) < 4.78 is 4.96. The minimum atomic E-state index is -0.804. The molecule has 1 atom stereocenters. The third-order valence-corrected chi connectivity index (χ3v) is 2.77. The molecule has 0 spiro atoms. The lowest BCUT2D eigenvalue weighted by molar-refractivity contribution is -0.137. The van der Waals surface area contributed by atoms with E-state index in [1.807, 2.05) is 6.92 Å². The van der Waals surface area contributed by atoms with Gasteiger partial charge in [-0.1, -0.05) is 6.92 Å². The van der Waals surface area contributed by atoms with Crippen LogP contribution in [0.1, 0.15) is 37.0 Å².